The highest BCUT2D eigenvalue weighted by Crippen LogP contribution is 2.35. The number of aromatic nitrogens is 1. The zero-order valence-corrected chi connectivity index (χ0v) is 18.3. The van der Waals surface area contributed by atoms with Crippen molar-refractivity contribution in [3.05, 3.63) is 62.2 Å². The number of fused-ring (bicyclic) bond motifs is 2. The first-order chi connectivity index (χ1) is 14.0. The predicted octanol–water partition coefficient (Wildman–Crippen LogP) is 5.53. The fourth-order valence-electron chi connectivity index (χ4n) is 2.91. The summed E-state index contributed by atoms with van der Waals surface area (Å²) in [6.07, 6.45) is 0. The largest absolute Gasteiger partial charge is 0.465 e. The van der Waals surface area contributed by atoms with Crippen molar-refractivity contribution in [2.24, 2.45) is 4.99 Å². The Balaban J connectivity index is 1.84. The number of thiazole rings is 1. The van der Waals surface area contributed by atoms with Crippen molar-refractivity contribution in [2.45, 2.75) is 13.5 Å². The molecule has 0 atom stereocenters. The molecule has 0 radical (unpaired) electrons. The number of ether oxygens (including phenoxy) is 1. The van der Waals surface area contributed by atoms with Crippen molar-refractivity contribution in [3.63, 3.8) is 0 Å². The van der Waals surface area contributed by atoms with E-state index in [2.05, 4.69) is 4.99 Å². The van der Waals surface area contributed by atoms with E-state index in [4.69, 9.17) is 27.9 Å². The van der Waals surface area contributed by atoms with Crippen molar-refractivity contribution >= 4 is 78.1 Å². The number of hydrogen-bond acceptors (Lipinski definition) is 5. The van der Waals surface area contributed by atoms with Gasteiger partial charge in [0.05, 0.1) is 21.8 Å². The molecule has 2 aromatic heterocycles. The molecule has 0 bridgehead atoms. The number of carbonyl (C=O) groups excluding carboxylic acids is 2. The van der Waals surface area contributed by atoms with Crippen LogP contribution < -0.4 is 4.80 Å². The van der Waals surface area contributed by atoms with E-state index < -0.39 is 11.9 Å². The molecule has 29 heavy (non-hydrogen) atoms. The lowest BCUT2D eigenvalue weighted by Crippen LogP contribution is -2.23. The van der Waals surface area contributed by atoms with Gasteiger partial charge in [0, 0.05) is 15.1 Å². The number of thiophene rings is 1. The van der Waals surface area contributed by atoms with Crippen molar-refractivity contribution < 1.29 is 14.3 Å². The van der Waals surface area contributed by atoms with Crippen LogP contribution in [0.3, 0.4) is 0 Å². The first-order valence-electron chi connectivity index (χ1n) is 8.68. The van der Waals surface area contributed by atoms with Crippen LogP contribution in [0.15, 0.2) is 47.5 Å². The van der Waals surface area contributed by atoms with Crippen molar-refractivity contribution in [1.82, 2.24) is 4.57 Å². The van der Waals surface area contributed by atoms with Crippen LogP contribution in [0.4, 0.5) is 0 Å². The van der Waals surface area contributed by atoms with Gasteiger partial charge in [0.2, 0.25) is 0 Å². The number of benzene rings is 2. The van der Waals surface area contributed by atoms with E-state index in [-0.39, 0.29) is 13.2 Å². The van der Waals surface area contributed by atoms with Gasteiger partial charge in [-0.05, 0) is 31.2 Å². The summed E-state index contributed by atoms with van der Waals surface area (Å²) < 4.78 is 8.46. The Labute approximate surface area is 183 Å². The Morgan fingerprint density at radius 3 is 2.66 bits per heavy atom. The van der Waals surface area contributed by atoms with E-state index in [9.17, 15) is 9.59 Å². The zero-order valence-electron chi connectivity index (χ0n) is 15.1. The number of halogens is 2. The lowest BCUT2D eigenvalue weighted by atomic mass is 10.2. The lowest BCUT2D eigenvalue weighted by molar-refractivity contribution is -0.143. The quantitative estimate of drug-likeness (QED) is 0.373. The molecule has 0 aliphatic carbocycles. The number of esters is 1. The van der Waals surface area contributed by atoms with Crippen molar-refractivity contribution in [3.8, 4) is 0 Å². The standard InChI is InChI=1S/C20H14Cl2N2O3S2/c1-2-27-16(25)10-24-13-8-7-11(21)9-15(13)29-20(24)23-19(26)18-17(22)12-5-3-4-6-14(12)28-18/h3-9H,2,10H2,1H3. The second kappa shape index (κ2) is 8.28. The minimum absolute atomic E-state index is 0.0538. The average molecular weight is 465 g/mol. The van der Waals surface area contributed by atoms with Crippen LogP contribution in [-0.2, 0) is 16.1 Å². The molecule has 0 saturated carbocycles. The number of hydrogen-bond donors (Lipinski definition) is 0. The van der Waals surface area contributed by atoms with E-state index in [0.717, 1.165) is 20.3 Å². The minimum Gasteiger partial charge on any atom is -0.465 e. The summed E-state index contributed by atoms with van der Waals surface area (Å²) in [6.45, 7) is 1.96. The molecule has 0 fully saturated rings. The van der Waals surface area contributed by atoms with E-state index in [1.54, 1.807) is 29.7 Å². The molecule has 0 unspecified atom stereocenters. The monoisotopic (exact) mass is 464 g/mol. The summed E-state index contributed by atoms with van der Waals surface area (Å²) in [5.41, 5.74) is 0.751. The summed E-state index contributed by atoms with van der Waals surface area (Å²) in [4.78, 5) is 30.0. The maximum absolute atomic E-state index is 12.9. The summed E-state index contributed by atoms with van der Waals surface area (Å²) in [5.74, 6) is -0.859. The Morgan fingerprint density at radius 1 is 1.10 bits per heavy atom. The summed E-state index contributed by atoms with van der Waals surface area (Å²) in [6, 6.07) is 12.8. The predicted molar refractivity (Wildman–Crippen MR) is 118 cm³/mol. The van der Waals surface area contributed by atoms with E-state index in [0.29, 0.717) is 19.7 Å². The second-order valence-corrected chi connectivity index (χ2v) is 8.92. The topological polar surface area (TPSA) is 60.7 Å². The van der Waals surface area contributed by atoms with Gasteiger partial charge in [-0.2, -0.15) is 4.99 Å². The molecule has 2 aromatic carbocycles. The molecular formula is C20H14Cl2N2O3S2. The lowest BCUT2D eigenvalue weighted by Gasteiger charge is -2.05. The Hall–Kier alpha value is -2.19. The van der Waals surface area contributed by atoms with E-state index in [1.165, 1.54) is 22.7 Å². The Kier molecular flexibility index (Phi) is 5.74. The third-order valence-electron chi connectivity index (χ3n) is 4.16. The molecule has 4 rings (SSSR count). The zero-order chi connectivity index (χ0) is 20.5. The second-order valence-electron chi connectivity index (χ2n) is 6.05. The van der Waals surface area contributed by atoms with Crippen molar-refractivity contribution in [2.75, 3.05) is 6.61 Å². The summed E-state index contributed by atoms with van der Waals surface area (Å²) in [5, 5.41) is 1.77. The molecule has 2 heterocycles. The number of rotatable bonds is 4. The normalized spacial score (nSPS) is 12.0. The van der Waals surface area contributed by atoms with Gasteiger partial charge >= 0.3 is 5.97 Å². The van der Waals surface area contributed by atoms with Gasteiger partial charge in [0.25, 0.3) is 5.91 Å². The third kappa shape index (κ3) is 3.96. The molecule has 0 aliphatic heterocycles. The van der Waals surface area contributed by atoms with Crippen LogP contribution in [0, 0.1) is 0 Å². The summed E-state index contributed by atoms with van der Waals surface area (Å²) in [7, 11) is 0. The van der Waals surface area contributed by atoms with Crippen LogP contribution in [0.1, 0.15) is 16.6 Å². The van der Waals surface area contributed by atoms with Gasteiger partial charge in [-0.15, -0.1) is 11.3 Å². The molecule has 0 aliphatic rings. The first-order valence-corrected chi connectivity index (χ1v) is 11.1. The van der Waals surface area contributed by atoms with Crippen LogP contribution in [0.2, 0.25) is 10.0 Å². The van der Waals surface area contributed by atoms with Crippen LogP contribution in [-0.4, -0.2) is 23.1 Å². The maximum Gasteiger partial charge on any atom is 0.326 e. The average Bonchev–Trinajstić information content (AvgIpc) is 3.20. The number of carbonyl (C=O) groups is 2. The molecule has 9 heteroatoms. The van der Waals surface area contributed by atoms with Gasteiger partial charge in [0.1, 0.15) is 11.4 Å². The highest BCUT2D eigenvalue weighted by Gasteiger charge is 2.18. The molecule has 0 spiro atoms. The Bertz CT molecular complexity index is 1320. The minimum atomic E-state index is -0.452. The van der Waals surface area contributed by atoms with Crippen LogP contribution in [0.5, 0.6) is 0 Å². The van der Waals surface area contributed by atoms with Gasteiger partial charge in [-0.25, -0.2) is 0 Å². The van der Waals surface area contributed by atoms with Gasteiger partial charge in [-0.1, -0.05) is 52.7 Å². The van der Waals surface area contributed by atoms with E-state index in [1.807, 2.05) is 24.3 Å². The van der Waals surface area contributed by atoms with Crippen LogP contribution >= 0.6 is 45.9 Å². The molecule has 5 nitrogen and oxygen atoms in total. The summed E-state index contributed by atoms with van der Waals surface area (Å²) >= 11 is 15.1. The number of amides is 1. The number of nitrogens with zero attached hydrogens (tertiary/aromatic N) is 2. The smallest absolute Gasteiger partial charge is 0.326 e. The maximum atomic E-state index is 12.9. The molecule has 148 valence electrons. The SMILES string of the molecule is CCOC(=O)Cn1c(=NC(=O)c2sc3ccccc3c2Cl)sc2cc(Cl)ccc21. The highest BCUT2D eigenvalue weighted by molar-refractivity contribution is 7.21. The fraction of sp³-hybridized carbons (Fsp3) is 0.150. The van der Waals surface area contributed by atoms with E-state index >= 15 is 0 Å². The highest BCUT2D eigenvalue weighted by atomic mass is 35.5. The Morgan fingerprint density at radius 2 is 1.90 bits per heavy atom. The van der Waals surface area contributed by atoms with Gasteiger partial charge in [0.15, 0.2) is 4.80 Å². The molecule has 0 saturated heterocycles. The third-order valence-corrected chi connectivity index (χ3v) is 7.10. The molecule has 1 amide bonds. The van der Waals surface area contributed by atoms with Crippen molar-refractivity contribution in [1.29, 1.82) is 0 Å². The molecular weight excluding hydrogens is 451 g/mol. The molecule has 4 aromatic rings. The molecule has 0 N–H and O–H groups in total. The first kappa shape index (κ1) is 20.1. The van der Waals surface area contributed by atoms with Crippen LogP contribution in [0.25, 0.3) is 20.3 Å². The van der Waals surface area contributed by atoms with Gasteiger partial charge < -0.3 is 9.30 Å². The fourth-order valence-corrected chi connectivity index (χ4v) is 5.61. The van der Waals surface area contributed by atoms with Gasteiger partial charge in [-0.3, -0.25) is 9.59 Å².